The van der Waals surface area contributed by atoms with Gasteiger partial charge in [-0.05, 0) is 42.8 Å². The molecule has 2 aliphatic rings. The molecule has 0 radical (unpaired) electrons. The number of alkyl halides is 3. The molecular weight excluding hydrogens is 573 g/mol. The first-order valence-corrected chi connectivity index (χ1v) is 14.9. The molecular formula is C31H35F3N8O2. The van der Waals surface area contributed by atoms with Gasteiger partial charge in [0.05, 0.1) is 40.4 Å². The smallest absolute Gasteiger partial charge is 0.418 e. The highest BCUT2D eigenvalue weighted by Gasteiger charge is 2.36. The first kappa shape index (κ1) is 29.8. The summed E-state index contributed by atoms with van der Waals surface area (Å²) in [5.41, 5.74) is 1.54. The van der Waals surface area contributed by atoms with Gasteiger partial charge >= 0.3 is 12.2 Å². The lowest BCUT2D eigenvalue weighted by Crippen LogP contribution is -2.45. The molecule has 4 aromatic heterocycles. The van der Waals surface area contributed by atoms with Crippen molar-refractivity contribution in [1.82, 2.24) is 34.6 Å². The summed E-state index contributed by atoms with van der Waals surface area (Å²) in [5.74, 6) is 1.10. The van der Waals surface area contributed by atoms with Gasteiger partial charge in [0.15, 0.2) is 0 Å². The predicted molar refractivity (Wildman–Crippen MR) is 159 cm³/mol. The second kappa shape index (κ2) is 12.4. The Morgan fingerprint density at radius 3 is 2.61 bits per heavy atom. The Morgan fingerprint density at radius 2 is 1.86 bits per heavy atom. The number of hydrogen-bond donors (Lipinski definition) is 2. The molecule has 2 N–H and O–H groups in total. The molecule has 1 fully saturated rings. The molecule has 6 rings (SSSR count). The first-order chi connectivity index (χ1) is 21.2. The summed E-state index contributed by atoms with van der Waals surface area (Å²) in [6.07, 6.45) is 2.55. The molecule has 0 aliphatic carbocycles. The van der Waals surface area contributed by atoms with Crippen LogP contribution in [0.1, 0.15) is 48.7 Å². The van der Waals surface area contributed by atoms with Crippen LogP contribution in [0.25, 0.3) is 11.0 Å². The van der Waals surface area contributed by atoms with Crippen LogP contribution in [0.4, 0.5) is 23.7 Å². The fourth-order valence-electron chi connectivity index (χ4n) is 5.91. The second-order valence-electron chi connectivity index (χ2n) is 11.2. The first-order valence-electron chi connectivity index (χ1n) is 14.9. The van der Waals surface area contributed by atoms with E-state index in [2.05, 4.69) is 37.1 Å². The third kappa shape index (κ3) is 6.34. The Morgan fingerprint density at radius 1 is 1.07 bits per heavy atom. The van der Waals surface area contributed by atoms with Crippen LogP contribution in [0, 0.1) is 0 Å². The third-order valence-corrected chi connectivity index (χ3v) is 8.41. The van der Waals surface area contributed by atoms with E-state index in [1.807, 2.05) is 24.0 Å². The molecule has 6 heterocycles. The highest BCUT2D eigenvalue weighted by atomic mass is 19.4. The molecule has 0 aromatic carbocycles. The summed E-state index contributed by atoms with van der Waals surface area (Å²) in [4.78, 5) is 35.4. The molecule has 2 amide bonds. The number of amides is 2. The minimum Gasteiger partial charge on any atom is -0.455 e. The van der Waals surface area contributed by atoms with Gasteiger partial charge in [0.2, 0.25) is 0 Å². The highest BCUT2D eigenvalue weighted by molar-refractivity contribution is 5.89. The van der Waals surface area contributed by atoms with Gasteiger partial charge < -0.3 is 24.8 Å². The molecule has 0 bridgehead atoms. The maximum atomic E-state index is 14.1. The standard InChI is InChI=1S/C31H35F3N8O2/c1-3-20-17-42(18-21-13-23(16-38-28(20)21)44-27-6-8-36-29-24(27)5-7-35-29)30(43)39-22-14-25(31(32,33)34)26(37-15-22)19-41-11-9-40(4-2)10-12-41/h5-8,13-16,20H,3-4,9-12,17-19H2,1-2H3,(H,35,36)(H,39,43). The van der Waals surface area contributed by atoms with E-state index in [-0.39, 0.29) is 30.4 Å². The Labute approximate surface area is 253 Å². The van der Waals surface area contributed by atoms with E-state index in [9.17, 15) is 18.0 Å². The summed E-state index contributed by atoms with van der Waals surface area (Å²) < 4.78 is 48.4. The Hall–Kier alpha value is -4.23. The monoisotopic (exact) mass is 608 g/mol. The number of piperazine rings is 1. The van der Waals surface area contributed by atoms with Crippen molar-refractivity contribution < 1.29 is 22.7 Å². The fourth-order valence-corrected chi connectivity index (χ4v) is 5.91. The summed E-state index contributed by atoms with van der Waals surface area (Å²) in [5, 5.41) is 3.49. The van der Waals surface area contributed by atoms with Crippen LogP contribution >= 0.6 is 0 Å². The van der Waals surface area contributed by atoms with E-state index < -0.39 is 17.8 Å². The zero-order valence-corrected chi connectivity index (χ0v) is 24.7. The molecule has 1 unspecified atom stereocenters. The number of ether oxygens (including phenoxy) is 1. The molecule has 4 aromatic rings. The molecule has 10 nitrogen and oxygen atoms in total. The van der Waals surface area contributed by atoms with Crippen LogP contribution in [-0.4, -0.2) is 79.9 Å². The van der Waals surface area contributed by atoms with E-state index in [1.165, 1.54) is 6.20 Å². The van der Waals surface area contributed by atoms with E-state index in [4.69, 9.17) is 4.74 Å². The van der Waals surface area contributed by atoms with Gasteiger partial charge in [0.25, 0.3) is 0 Å². The van der Waals surface area contributed by atoms with Gasteiger partial charge in [-0.25, -0.2) is 9.78 Å². The van der Waals surface area contributed by atoms with Crippen LogP contribution in [0.5, 0.6) is 11.5 Å². The molecule has 13 heteroatoms. The maximum absolute atomic E-state index is 14.1. The quantitative estimate of drug-likeness (QED) is 0.272. The number of halogens is 3. The SMILES string of the molecule is CCC1CN(C(=O)Nc2cnc(CN3CCN(CC)CC3)c(C(F)(F)F)c2)Cc2cc(Oc3ccnc4[nH]ccc34)cnc21. The summed E-state index contributed by atoms with van der Waals surface area (Å²) in [7, 11) is 0. The topological polar surface area (TPSA) is 103 Å². The Balaban J connectivity index is 1.17. The predicted octanol–water partition coefficient (Wildman–Crippen LogP) is 5.84. The summed E-state index contributed by atoms with van der Waals surface area (Å²) in [6, 6.07) is 6.00. The Bertz CT molecular complexity index is 1630. The van der Waals surface area contributed by atoms with Crippen LogP contribution < -0.4 is 10.1 Å². The van der Waals surface area contributed by atoms with Crippen LogP contribution in [0.3, 0.4) is 0 Å². The number of carbonyl (C=O) groups is 1. The number of hydrogen-bond acceptors (Lipinski definition) is 7. The van der Waals surface area contributed by atoms with Gasteiger partial charge in [-0.3, -0.25) is 14.9 Å². The number of pyridine rings is 3. The zero-order chi connectivity index (χ0) is 30.8. The van der Waals surface area contributed by atoms with Crippen molar-refractivity contribution in [2.24, 2.45) is 0 Å². The number of nitrogens with zero attached hydrogens (tertiary/aromatic N) is 6. The van der Waals surface area contributed by atoms with Crippen LogP contribution in [0.15, 0.2) is 49.1 Å². The van der Waals surface area contributed by atoms with Crippen molar-refractivity contribution in [2.75, 3.05) is 44.6 Å². The number of carbonyl (C=O) groups excluding carboxylic acids is 1. The molecule has 1 atom stereocenters. The highest BCUT2D eigenvalue weighted by Crippen LogP contribution is 2.36. The van der Waals surface area contributed by atoms with Crippen molar-refractivity contribution in [3.8, 4) is 11.5 Å². The van der Waals surface area contributed by atoms with Crippen molar-refractivity contribution >= 4 is 22.8 Å². The number of nitrogens with one attached hydrogen (secondary N) is 2. The zero-order valence-electron chi connectivity index (χ0n) is 24.7. The number of fused-ring (bicyclic) bond motifs is 2. The van der Waals surface area contributed by atoms with Crippen molar-refractivity contribution in [3.05, 3.63) is 71.6 Å². The van der Waals surface area contributed by atoms with Crippen molar-refractivity contribution in [2.45, 2.75) is 45.5 Å². The minimum absolute atomic E-state index is 0.00383. The molecule has 232 valence electrons. The van der Waals surface area contributed by atoms with E-state index in [1.54, 1.807) is 29.6 Å². The van der Waals surface area contributed by atoms with Gasteiger partial charge in [-0.2, -0.15) is 13.2 Å². The normalized spacial score (nSPS) is 17.9. The van der Waals surface area contributed by atoms with E-state index in [0.29, 0.717) is 36.8 Å². The van der Waals surface area contributed by atoms with Crippen molar-refractivity contribution in [1.29, 1.82) is 0 Å². The Kier molecular flexibility index (Phi) is 8.41. The number of aromatic nitrogens is 4. The van der Waals surface area contributed by atoms with Crippen LogP contribution in [-0.2, 0) is 19.3 Å². The van der Waals surface area contributed by atoms with E-state index in [0.717, 1.165) is 48.8 Å². The van der Waals surface area contributed by atoms with Gasteiger partial charge in [-0.1, -0.05) is 13.8 Å². The number of H-pyrrole nitrogens is 1. The number of likely N-dealkylation sites (N-methyl/N-ethyl adjacent to an activating group) is 1. The number of anilines is 1. The minimum atomic E-state index is -4.60. The molecule has 44 heavy (non-hydrogen) atoms. The lowest BCUT2D eigenvalue weighted by Gasteiger charge is -2.34. The average Bonchev–Trinajstić information content (AvgIpc) is 3.51. The number of urea groups is 1. The maximum Gasteiger partial charge on any atom is 0.418 e. The van der Waals surface area contributed by atoms with Gasteiger partial charge in [0, 0.05) is 64.1 Å². The van der Waals surface area contributed by atoms with Gasteiger partial charge in [0.1, 0.15) is 17.1 Å². The lowest BCUT2D eigenvalue weighted by molar-refractivity contribution is -0.138. The number of aromatic amines is 1. The largest absolute Gasteiger partial charge is 0.455 e. The number of rotatable bonds is 7. The van der Waals surface area contributed by atoms with Crippen molar-refractivity contribution in [3.63, 3.8) is 0 Å². The van der Waals surface area contributed by atoms with E-state index >= 15 is 0 Å². The average molecular weight is 609 g/mol. The van der Waals surface area contributed by atoms with Crippen LogP contribution in [0.2, 0.25) is 0 Å². The second-order valence-corrected chi connectivity index (χ2v) is 11.2. The fraction of sp³-hybridized carbons (Fsp3) is 0.419. The summed E-state index contributed by atoms with van der Waals surface area (Å²) in [6.45, 7) is 8.73. The molecule has 0 spiro atoms. The molecule has 2 aliphatic heterocycles. The third-order valence-electron chi connectivity index (χ3n) is 8.41. The molecule has 1 saturated heterocycles. The summed E-state index contributed by atoms with van der Waals surface area (Å²) >= 11 is 0. The van der Waals surface area contributed by atoms with Gasteiger partial charge in [-0.15, -0.1) is 0 Å². The molecule has 0 saturated carbocycles. The lowest BCUT2D eigenvalue weighted by atomic mass is 9.92.